The van der Waals surface area contributed by atoms with Crippen LogP contribution in [0.4, 0.5) is 5.69 Å². The number of aromatic nitrogens is 4. The third-order valence-electron chi connectivity index (χ3n) is 3.39. The van der Waals surface area contributed by atoms with Crippen LogP contribution in [-0.2, 0) is 17.9 Å². The zero-order valence-corrected chi connectivity index (χ0v) is 14.5. The summed E-state index contributed by atoms with van der Waals surface area (Å²) < 4.78 is 3.85. The van der Waals surface area contributed by atoms with Gasteiger partial charge in [-0.3, -0.25) is 14.3 Å². The molecule has 0 saturated carbocycles. The number of carboxylic acid groups (broad SMARTS) is 1. The number of hydrogen-bond acceptors (Lipinski definition) is 4. The molecule has 128 valence electrons. The minimum absolute atomic E-state index is 0.188. The van der Waals surface area contributed by atoms with E-state index in [1.165, 1.54) is 12.3 Å². The van der Waals surface area contributed by atoms with Gasteiger partial charge in [-0.05, 0) is 39.7 Å². The molecule has 1 aromatic carbocycles. The number of aliphatic carboxylic acids is 1. The lowest BCUT2D eigenvalue weighted by Gasteiger charge is -2.08. The minimum Gasteiger partial charge on any atom is -0.480 e. The number of carbonyl (C=O) groups excluding carboxylic acids is 1. The summed E-state index contributed by atoms with van der Waals surface area (Å²) in [6.07, 6.45) is 4.98. The predicted molar refractivity (Wildman–Crippen MR) is 93.3 cm³/mol. The van der Waals surface area contributed by atoms with Crippen LogP contribution >= 0.6 is 15.9 Å². The summed E-state index contributed by atoms with van der Waals surface area (Å²) >= 11 is 3.35. The average molecular weight is 404 g/mol. The van der Waals surface area contributed by atoms with Crippen LogP contribution in [0.1, 0.15) is 16.1 Å². The number of carboxylic acids is 1. The van der Waals surface area contributed by atoms with Crippen LogP contribution in [-0.4, -0.2) is 36.5 Å². The molecule has 0 spiro atoms. The molecule has 0 fully saturated rings. The van der Waals surface area contributed by atoms with Crippen LogP contribution < -0.4 is 5.32 Å². The molecule has 3 aromatic rings. The highest BCUT2D eigenvalue weighted by molar-refractivity contribution is 9.10. The highest BCUT2D eigenvalue weighted by atomic mass is 79.9. The minimum atomic E-state index is -1.06. The second kappa shape index (κ2) is 7.31. The number of rotatable bonds is 6. The first kappa shape index (κ1) is 16.9. The molecule has 0 aliphatic carbocycles. The standard InChI is InChI=1S/C16H14BrN5O3/c17-12-7-19-21(9-12)8-11-1-3-13(4-2-11)20-16(25)14-5-6-18-22(14)10-15(23)24/h1-7,9H,8,10H2,(H,20,25)(H,23,24). The molecular formula is C16H14BrN5O3. The van der Waals surface area contributed by atoms with E-state index in [4.69, 9.17) is 5.11 Å². The Morgan fingerprint density at radius 3 is 2.56 bits per heavy atom. The van der Waals surface area contributed by atoms with Gasteiger partial charge in [0.15, 0.2) is 0 Å². The number of anilines is 1. The molecular weight excluding hydrogens is 390 g/mol. The van der Waals surface area contributed by atoms with Gasteiger partial charge in [-0.15, -0.1) is 0 Å². The van der Waals surface area contributed by atoms with Crippen LogP contribution in [0.25, 0.3) is 0 Å². The van der Waals surface area contributed by atoms with Crippen LogP contribution in [0.2, 0.25) is 0 Å². The molecule has 8 nitrogen and oxygen atoms in total. The Bertz CT molecular complexity index is 901. The molecule has 0 aliphatic rings. The van der Waals surface area contributed by atoms with Crippen LogP contribution in [0.15, 0.2) is 53.4 Å². The largest absolute Gasteiger partial charge is 0.480 e. The number of amides is 1. The van der Waals surface area contributed by atoms with E-state index < -0.39 is 11.9 Å². The molecule has 0 unspecified atom stereocenters. The van der Waals surface area contributed by atoms with Gasteiger partial charge < -0.3 is 10.4 Å². The van der Waals surface area contributed by atoms with Gasteiger partial charge in [0.1, 0.15) is 12.2 Å². The molecule has 0 bridgehead atoms. The Balaban J connectivity index is 1.66. The summed E-state index contributed by atoms with van der Waals surface area (Å²) in [5.41, 5.74) is 1.83. The maximum absolute atomic E-state index is 12.3. The van der Waals surface area contributed by atoms with Crippen molar-refractivity contribution in [3.05, 3.63) is 64.7 Å². The number of carbonyl (C=O) groups is 2. The molecule has 0 radical (unpaired) electrons. The van der Waals surface area contributed by atoms with Gasteiger partial charge in [0, 0.05) is 18.1 Å². The molecule has 0 aliphatic heterocycles. The van der Waals surface area contributed by atoms with E-state index in [1.54, 1.807) is 23.0 Å². The first-order chi connectivity index (χ1) is 12.0. The van der Waals surface area contributed by atoms with E-state index in [9.17, 15) is 9.59 Å². The normalized spacial score (nSPS) is 10.6. The topological polar surface area (TPSA) is 102 Å². The van der Waals surface area contributed by atoms with Gasteiger partial charge in [-0.25, -0.2) is 4.68 Å². The quantitative estimate of drug-likeness (QED) is 0.656. The SMILES string of the molecule is O=C(O)Cn1nccc1C(=O)Nc1ccc(Cn2cc(Br)cn2)cc1. The molecule has 2 N–H and O–H groups in total. The lowest BCUT2D eigenvalue weighted by atomic mass is 10.2. The van der Waals surface area contributed by atoms with Crippen LogP contribution in [0.5, 0.6) is 0 Å². The van der Waals surface area contributed by atoms with Crippen molar-refractivity contribution in [2.75, 3.05) is 5.32 Å². The van der Waals surface area contributed by atoms with E-state index >= 15 is 0 Å². The van der Waals surface area contributed by atoms with Crippen molar-refractivity contribution >= 4 is 33.5 Å². The zero-order valence-electron chi connectivity index (χ0n) is 13.0. The zero-order chi connectivity index (χ0) is 17.8. The van der Waals surface area contributed by atoms with E-state index in [0.717, 1.165) is 14.7 Å². The molecule has 1 amide bonds. The predicted octanol–water partition coefficient (Wildman–Crippen LogP) is 2.23. The Labute approximate surface area is 151 Å². The van der Waals surface area contributed by atoms with Gasteiger partial charge in [-0.1, -0.05) is 12.1 Å². The number of nitrogens with one attached hydrogen (secondary N) is 1. The lowest BCUT2D eigenvalue weighted by Crippen LogP contribution is -2.20. The van der Waals surface area contributed by atoms with E-state index in [2.05, 4.69) is 31.4 Å². The van der Waals surface area contributed by atoms with Gasteiger partial charge in [0.2, 0.25) is 0 Å². The molecule has 2 heterocycles. The maximum atomic E-state index is 12.3. The Hall–Kier alpha value is -2.94. The summed E-state index contributed by atoms with van der Waals surface area (Å²) in [5.74, 6) is -1.48. The molecule has 0 saturated heterocycles. The van der Waals surface area contributed by atoms with Crippen molar-refractivity contribution in [1.82, 2.24) is 19.6 Å². The van der Waals surface area contributed by atoms with Crippen molar-refractivity contribution in [3.8, 4) is 0 Å². The third kappa shape index (κ3) is 4.32. The van der Waals surface area contributed by atoms with Gasteiger partial charge in [0.25, 0.3) is 5.91 Å². The van der Waals surface area contributed by atoms with E-state index in [0.29, 0.717) is 12.2 Å². The summed E-state index contributed by atoms with van der Waals surface area (Å²) in [6, 6.07) is 8.81. The van der Waals surface area contributed by atoms with Crippen LogP contribution in [0, 0.1) is 0 Å². The first-order valence-electron chi connectivity index (χ1n) is 7.33. The molecule has 25 heavy (non-hydrogen) atoms. The van der Waals surface area contributed by atoms with Gasteiger partial charge in [0.05, 0.1) is 17.2 Å². The van der Waals surface area contributed by atoms with Crippen molar-refractivity contribution in [2.45, 2.75) is 13.1 Å². The number of halogens is 1. The molecule has 9 heteroatoms. The molecule has 0 atom stereocenters. The fourth-order valence-electron chi connectivity index (χ4n) is 2.28. The number of hydrogen-bond donors (Lipinski definition) is 2. The fraction of sp³-hybridized carbons (Fsp3) is 0.125. The summed E-state index contributed by atoms with van der Waals surface area (Å²) in [5, 5.41) is 19.6. The summed E-state index contributed by atoms with van der Waals surface area (Å²) in [7, 11) is 0. The summed E-state index contributed by atoms with van der Waals surface area (Å²) in [4.78, 5) is 23.1. The summed E-state index contributed by atoms with van der Waals surface area (Å²) in [6.45, 7) is 0.249. The molecule has 2 aromatic heterocycles. The van der Waals surface area contributed by atoms with Crippen molar-refractivity contribution < 1.29 is 14.7 Å². The Morgan fingerprint density at radius 2 is 1.92 bits per heavy atom. The Kier molecular flexibility index (Phi) is 4.94. The van der Waals surface area contributed by atoms with Crippen molar-refractivity contribution in [1.29, 1.82) is 0 Å². The van der Waals surface area contributed by atoms with Crippen molar-refractivity contribution in [3.63, 3.8) is 0 Å². The first-order valence-corrected chi connectivity index (χ1v) is 8.12. The van der Waals surface area contributed by atoms with Gasteiger partial charge in [-0.2, -0.15) is 10.2 Å². The third-order valence-corrected chi connectivity index (χ3v) is 3.80. The molecule has 3 rings (SSSR count). The Morgan fingerprint density at radius 1 is 1.16 bits per heavy atom. The van der Waals surface area contributed by atoms with Gasteiger partial charge >= 0.3 is 5.97 Å². The monoisotopic (exact) mass is 403 g/mol. The maximum Gasteiger partial charge on any atom is 0.325 e. The second-order valence-electron chi connectivity index (χ2n) is 5.28. The van der Waals surface area contributed by atoms with E-state index in [1.807, 2.05) is 18.3 Å². The average Bonchev–Trinajstić information content (AvgIpc) is 3.18. The fourth-order valence-corrected chi connectivity index (χ4v) is 2.61. The highest BCUT2D eigenvalue weighted by Crippen LogP contribution is 2.13. The lowest BCUT2D eigenvalue weighted by molar-refractivity contribution is -0.137. The van der Waals surface area contributed by atoms with E-state index in [-0.39, 0.29) is 12.2 Å². The van der Waals surface area contributed by atoms with Crippen molar-refractivity contribution in [2.24, 2.45) is 0 Å². The number of nitrogens with zero attached hydrogens (tertiary/aromatic N) is 4. The smallest absolute Gasteiger partial charge is 0.325 e. The number of benzene rings is 1. The highest BCUT2D eigenvalue weighted by Gasteiger charge is 2.14. The second-order valence-corrected chi connectivity index (χ2v) is 6.19. The van der Waals surface area contributed by atoms with Crippen LogP contribution in [0.3, 0.4) is 0 Å².